The Hall–Kier alpha value is -1.80. The molecule has 6 nitrogen and oxygen atoms in total. The van der Waals surface area contributed by atoms with Gasteiger partial charge in [0.2, 0.25) is 0 Å². The van der Waals surface area contributed by atoms with Crippen LogP contribution in [0.2, 0.25) is 0 Å². The molecule has 0 radical (unpaired) electrons. The SMILES string of the molecule is O=S(=O)(c1cc(CO)ccn1)N1C[C@H](CO)C[C@H](c2ccccc2)C1. The number of rotatable bonds is 5. The lowest BCUT2D eigenvalue weighted by Crippen LogP contribution is -2.44. The van der Waals surface area contributed by atoms with Crippen LogP contribution in [0.25, 0.3) is 0 Å². The Labute approximate surface area is 147 Å². The molecule has 1 aromatic carbocycles. The van der Waals surface area contributed by atoms with E-state index in [1.807, 2.05) is 30.3 Å². The molecule has 1 aliphatic heterocycles. The smallest absolute Gasteiger partial charge is 0.260 e. The summed E-state index contributed by atoms with van der Waals surface area (Å²) in [4.78, 5) is 3.98. The number of aliphatic hydroxyl groups excluding tert-OH is 2. The summed E-state index contributed by atoms with van der Waals surface area (Å²) in [5.41, 5.74) is 1.57. The van der Waals surface area contributed by atoms with Gasteiger partial charge < -0.3 is 10.2 Å². The van der Waals surface area contributed by atoms with Crippen molar-refractivity contribution in [1.82, 2.24) is 9.29 Å². The summed E-state index contributed by atoms with van der Waals surface area (Å²) in [5.74, 6) is -0.0855. The lowest BCUT2D eigenvalue weighted by molar-refractivity contribution is 0.153. The maximum absolute atomic E-state index is 13.0. The molecule has 25 heavy (non-hydrogen) atoms. The summed E-state index contributed by atoms with van der Waals surface area (Å²) < 4.78 is 27.4. The third-order valence-corrected chi connectivity index (χ3v) is 6.35. The minimum absolute atomic E-state index is 0.0305. The van der Waals surface area contributed by atoms with Gasteiger partial charge in [0.1, 0.15) is 0 Å². The normalized spacial score (nSPS) is 22.0. The molecule has 1 fully saturated rings. The van der Waals surface area contributed by atoms with E-state index < -0.39 is 10.0 Å². The van der Waals surface area contributed by atoms with Crippen molar-refractivity contribution in [3.05, 3.63) is 59.8 Å². The first-order valence-electron chi connectivity index (χ1n) is 8.26. The molecule has 2 atom stereocenters. The largest absolute Gasteiger partial charge is 0.396 e. The number of hydrogen-bond donors (Lipinski definition) is 2. The van der Waals surface area contributed by atoms with Gasteiger partial charge in [0.25, 0.3) is 10.0 Å². The van der Waals surface area contributed by atoms with Crippen molar-refractivity contribution < 1.29 is 18.6 Å². The van der Waals surface area contributed by atoms with Gasteiger partial charge in [0, 0.05) is 25.9 Å². The summed E-state index contributed by atoms with van der Waals surface area (Å²) in [6, 6.07) is 12.7. The van der Waals surface area contributed by atoms with Gasteiger partial charge in [0.05, 0.1) is 6.61 Å². The van der Waals surface area contributed by atoms with Gasteiger partial charge in [-0.3, -0.25) is 0 Å². The molecule has 0 bridgehead atoms. The highest BCUT2D eigenvalue weighted by atomic mass is 32.2. The van der Waals surface area contributed by atoms with Crippen LogP contribution in [0.4, 0.5) is 0 Å². The quantitative estimate of drug-likeness (QED) is 0.838. The van der Waals surface area contributed by atoms with Crippen molar-refractivity contribution in [2.45, 2.75) is 24.0 Å². The molecule has 1 aromatic heterocycles. The number of nitrogens with zero attached hydrogens (tertiary/aromatic N) is 2. The molecule has 0 saturated carbocycles. The maximum atomic E-state index is 13.0. The molecule has 134 valence electrons. The Morgan fingerprint density at radius 1 is 1.12 bits per heavy atom. The fourth-order valence-corrected chi connectivity index (χ4v) is 4.82. The van der Waals surface area contributed by atoms with E-state index in [4.69, 9.17) is 0 Å². The van der Waals surface area contributed by atoms with Gasteiger partial charge in [0.15, 0.2) is 5.03 Å². The summed E-state index contributed by atoms with van der Waals surface area (Å²) in [7, 11) is -3.78. The molecule has 0 spiro atoms. The summed E-state index contributed by atoms with van der Waals surface area (Å²) >= 11 is 0. The number of benzene rings is 1. The average molecular weight is 362 g/mol. The molecule has 3 rings (SSSR count). The molecule has 2 aromatic rings. The third kappa shape index (κ3) is 3.90. The van der Waals surface area contributed by atoms with Crippen molar-refractivity contribution in [3.8, 4) is 0 Å². The molecule has 1 saturated heterocycles. The fourth-order valence-electron chi connectivity index (χ4n) is 3.28. The van der Waals surface area contributed by atoms with Crippen LogP contribution in [0.1, 0.15) is 23.5 Å². The molecule has 1 aliphatic rings. The molecular weight excluding hydrogens is 340 g/mol. The highest BCUT2D eigenvalue weighted by molar-refractivity contribution is 7.89. The molecule has 7 heteroatoms. The van der Waals surface area contributed by atoms with Gasteiger partial charge in [-0.25, -0.2) is 13.4 Å². The van der Waals surface area contributed by atoms with Crippen LogP contribution in [0.5, 0.6) is 0 Å². The first-order chi connectivity index (χ1) is 12.0. The minimum atomic E-state index is -3.78. The highest BCUT2D eigenvalue weighted by Crippen LogP contribution is 2.32. The lowest BCUT2D eigenvalue weighted by atomic mass is 9.86. The van der Waals surface area contributed by atoms with E-state index >= 15 is 0 Å². The number of pyridine rings is 1. The predicted molar refractivity (Wildman–Crippen MR) is 93.3 cm³/mol. The van der Waals surface area contributed by atoms with Crippen LogP contribution in [-0.2, 0) is 16.6 Å². The van der Waals surface area contributed by atoms with Crippen LogP contribution >= 0.6 is 0 Å². The Bertz CT molecular complexity index is 811. The predicted octanol–water partition coefficient (Wildman–Crippen LogP) is 1.36. The number of sulfonamides is 1. The highest BCUT2D eigenvalue weighted by Gasteiger charge is 2.35. The number of aromatic nitrogens is 1. The fraction of sp³-hybridized carbons (Fsp3) is 0.389. The van der Waals surface area contributed by atoms with E-state index in [1.165, 1.54) is 16.6 Å². The standard InChI is InChI=1S/C18H22N2O4S/c21-12-14-6-7-19-18(9-14)25(23,24)20-10-15(13-22)8-17(11-20)16-4-2-1-3-5-16/h1-7,9,15,17,21-22H,8,10-13H2/t15-,17+/m1/s1. The summed E-state index contributed by atoms with van der Waals surface area (Å²) in [6.45, 7) is 0.331. The minimum Gasteiger partial charge on any atom is -0.396 e. The van der Waals surface area contributed by atoms with Crippen LogP contribution in [0, 0.1) is 5.92 Å². The molecule has 0 amide bonds. The second kappa shape index (κ2) is 7.61. The topological polar surface area (TPSA) is 90.7 Å². The summed E-state index contributed by atoms with van der Waals surface area (Å²) in [5, 5.41) is 18.8. The second-order valence-electron chi connectivity index (χ2n) is 6.37. The Morgan fingerprint density at radius 2 is 1.88 bits per heavy atom. The Balaban J connectivity index is 1.91. The number of hydrogen-bond acceptors (Lipinski definition) is 5. The first kappa shape index (κ1) is 18.0. The zero-order valence-electron chi connectivity index (χ0n) is 13.8. The van der Waals surface area contributed by atoms with E-state index in [2.05, 4.69) is 4.98 Å². The average Bonchev–Trinajstić information content (AvgIpc) is 2.68. The van der Waals surface area contributed by atoms with Crippen molar-refractivity contribution >= 4 is 10.0 Å². The molecule has 2 heterocycles. The molecule has 0 aliphatic carbocycles. The van der Waals surface area contributed by atoms with E-state index in [9.17, 15) is 18.6 Å². The van der Waals surface area contributed by atoms with Gasteiger partial charge in [-0.1, -0.05) is 30.3 Å². The van der Waals surface area contributed by atoms with Gasteiger partial charge in [-0.2, -0.15) is 4.31 Å². The molecular formula is C18H22N2O4S. The first-order valence-corrected chi connectivity index (χ1v) is 9.70. The van der Waals surface area contributed by atoms with Crippen LogP contribution in [0.15, 0.2) is 53.7 Å². The van der Waals surface area contributed by atoms with E-state index in [1.54, 1.807) is 6.07 Å². The van der Waals surface area contributed by atoms with E-state index in [-0.39, 0.29) is 36.6 Å². The third-order valence-electron chi connectivity index (χ3n) is 4.62. The zero-order chi connectivity index (χ0) is 17.9. The Morgan fingerprint density at radius 3 is 2.56 bits per heavy atom. The number of aliphatic hydroxyl groups is 2. The van der Waals surface area contributed by atoms with Crippen LogP contribution in [-0.4, -0.2) is 47.6 Å². The van der Waals surface area contributed by atoms with Crippen LogP contribution in [0.3, 0.4) is 0 Å². The zero-order valence-corrected chi connectivity index (χ0v) is 14.6. The van der Waals surface area contributed by atoms with Gasteiger partial charge in [-0.15, -0.1) is 0 Å². The van der Waals surface area contributed by atoms with E-state index in [0.29, 0.717) is 12.1 Å². The van der Waals surface area contributed by atoms with Crippen molar-refractivity contribution in [3.63, 3.8) is 0 Å². The van der Waals surface area contributed by atoms with Crippen molar-refractivity contribution in [2.75, 3.05) is 19.7 Å². The lowest BCUT2D eigenvalue weighted by Gasteiger charge is -2.36. The summed E-state index contributed by atoms with van der Waals surface area (Å²) in [6.07, 6.45) is 2.14. The van der Waals surface area contributed by atoms with E-state index in [0.717, 1.165) is 12.0 Å². The van der Waals surface area contributed by atoms with Gasteiger partial charge >= 0.3 is 0 Å². The van der Waals surface area contributed by atoms with Gasteiger partial charge in [-0.05, 0) is 41.5 Å². The maximum Gasteiger partial charge on any atom is 0.260 e. The van der Waals surface area contributed by atoms with Crippen molar-refractivity contribution in [2.24, 2.45) is 5.92 Å². The Kier molecular flexibility index (Phi) is 5.48. The molecule has 0 unspecified atom stereocenters. The van der Waals surface area contributed by atoms with Crippen molar-refractivity contribution in [1.29, 1.82) is 0 Å². The second-order valence-corrected chi connectivity index (χ2v) is 8.26. The molecule has 2 N–H and O–H groups in total. The monoisotopic (exact) mass is 362 g/mol. The van der Waals surface area contributed by atoms with Crippen LogP contribution < -0.4 is 0 Å². The number of piperidine rings is 1.